The maximum Gasteiger partial charge on any atom is 0.410 e. The fraction of sp³-hybridized carbons (Fsp3) is 0.533. The van der Waals surface area contributed by atoms with Crippen molar-refractivity contribution < 1.29 is 14.6 Å². The second-order valence-corrected chi connectivity index (χ2v) is 6.53. The zero-order valence-electron chi connectivity index (χ0n) is 12.0. The first-order valence-corrected chi connectivity index (χ1v) is 7.10. The van der Waals surface area contributed by atoms with E-state index in [-0.39, 0.29) is 17.8 Å². The van der Waals surface area contributed by atoms with E-state index in [0.717, 1.165) is 12.0 Å². The average Bonchev–Trinajstić information content (AvgIpc) is 2.80. The Labute approximate surface area is 124 Å². The first-order chi connectivity index (χ1) is 9.26. The van der Waals surface area contributed by atoms with Crippen molar-refractivity contribution in [1.29, 1.82) is 0 Å². The van der Waals surface area contributed by atoms with E-state index in [1.165, 1.54) is 0 Å². The Kier molecular flexibility index (Phi) is 4.14. The second kappa shape index (κ2) is 5.52. The smallest absolute Gasteiger partial charge is 0.410 e. The number of carbonyl (C=O) groups excluding carboxylic acids is 1. The number of rotatable bonds is 1. The lowest BCUT2D eigenvalue weighted by Crippen LogP contribution is -2.35. The molecule has 1 saturated heterocycles. The van der Waals surface area contributed by atoms with Crippen LogP contribution in [0.2, 0.25) is 5.02 Å². The van der Waals surface area contributed by atoms with Gasteiger partial charge >= 0.3 is 6.09 Å². The molecule has 4 nitrogen and oxygen atoms in total. The lowest BCUT2D eigenvalue weighted by atomic mass is 9.98. The molecule has 1 aromatic carbocycles. The largest absolute Gasteiger partial charge is 0.506 e. The van der Waals surface area contributed by atoms with Crippen LogP contribution >= 0.6 is 11.6 Å². The standard InChI is InChI=1S/C15H20ClNO3/c1-15(2,3)20-14(19)17-7-6-11(9-17)10-4-5-12(16)13(18)8-10/h4-5,8,11,18H,6-7,9H2,1-3H3. The minimum atomic E-state index is -0.478. The van der Waals surface area contributed by atoms with Crippen LogP contribution in [-0.4, -0.2) is 34.8 Å². The molecule has 0 radical (unpaired) electrons. The summed E-state index contributed by atoms with van der Waals surface area (Å²) in [5.41, 5.74) is 0.520. The van der Waals surface area contributed by atoms with Crippen LogP contribution in [0.15, 0.2) is 18.2 Å². The van der Waals surface area contributed by atoms with Crippen LogP contribution in [0.1, 0.15) is 38.7 Å². The van der Waals surface area contributed by atoms with E-state index in [2.05, 4.69) is 0 Å². The van der Waals surface area contributed by atoms with Gasteiger partial charge in [0.05, 0.1) is 5.02 Å². The zero-order valence-corrected chi connectivity index (χ0v) is 12.8. The van der Waals surface area contributed by atoms with E-state index in [1.807, 2.05) is 26.8 Å². The summed E-state index contributed by atoms with van der Waals surface area (Å²) in [6, 6.07) is 5.25. The first kappa shape index (κ1) is 15.0. The van der Waals surface area contributed by atoms with Gasteiger partial charge in [0.25, 0.3) is 0 Å². The number of aromatic hydroxyl groups is 1. The average molecular weight is 298 g/mol. The fourth-order valence-corrected chi connectivity index (χ4v) is 2.43. The molecule has 0 aliphatic carbocycles. The van der Waals surface area contributed by atoms with Gasteiger partial charge in [-0.1, -0.05) is 17.7 Å². The van der Waals surface area contributed by atoms with Crippen molar-refractivity contribution in [1.82, 2.24) is 4.90 Å². The quantitative estimate of drug-likeness (QED) is 0.858. The third kappa shape index (κ3) is 3.57. The number of phenols is 1. The first-order valence-electron chi connectivity index (χ1n) is 6.72. The summed E-state index contributed by atoms with van der Waals surface area (Å²) in [4.78, 5) is 13.7. The second-order valence-electron chi connectivity index (χ2n) is 6.12. The number of amides is 1. The third-order valence-electron chi connectivity index (χ3n) is 3.28. The van der Waals surface area contributed by atoms with Crippen molar-refractivity contribution in [3.63, 3.8) is 0 Å². The molecular formula is C15H20ClNO3. The highest BCUT2D eigenvalue weighted by molar-refractivity contribution is 6.32. The highest BCUT2D eigenvalue weighted by Gasteiger charge is 2.30. The minimum absolute atomic E-state index is 0.0832. The highest BCUT2D eigenvalue weighted by atomic mass is 35.5. The van der Waals surface area contributed by atoms with Gasteiger partial charge in [-0.2, -0.15) is 0 Å². The summed E-state index contributed by atoms with van der Waals surface area (Å²) < 4.78 is 5.37. The molecule has 20 heavy (non-hydrogen) atoms. The van der Waals surface area contributed by atoms with Crippen molar-refractivity contribution >= 4 is 17.7 Å². The number of halogens is 1. The van der Waals surface area contributed by atoms with E-state index in [1.54, 1.807) is 17.0 Å². The van der Waals surface area contributed by atoms with Crippen LogP contribution in [0.5, 0.6) is 5.75 Å². The predicted octanol–water partition coefficient (Wildman–Crippen LogP) is 3.77. The fourth-order valence-electron chi connectivity index (χ4n) is 2.31. The molecule has 1 aliphatic rings. The van der Waals surface area contributed by atoms with Gasteiger partial charge in [0.2, 0.25) is 0 Å². The number of benzene rings is 1. The maximum absolute atomic E-state index is 12.0. The van der Waals surface area contributed by atoms with Crippen LogP contribution in [0.3, 0.4) is 0 Å². The molecule has 1 fully saturated rings. The minimum Gasteiger partial charge on any atom is -0.506 e. The van der Waals surface area contributed by atoms with Crippen molar-refractivity contribution in [2.45, 2.75) is 38.7 Å². The summed E-state index contributed by atoms with van der Waals surface area (Å²) in [5.74, 6) is 0.297. The van der Waals surface area contributed by atoms with Crippen LogP contribution < -0.4 is 0 Å². The van der Waals surface area contributed by atoms with E-state index in [0.29, 0.717) is 18.1 Å². The monoisotopic (exact) mass is 297 g/mol. The van der Waals surface area contributed by atoms with E-state index in [4.69, 9.17) is 16.3 Å². The summed E-state index contributed by atoms with van der Waals surface area (Å²) in [5, 5.41) is 9.99. The molecule has 1 heterocycles. The summed E-state index contributed by atoms with van der Waals surface area (Å²) >= 11 is 5.80. The van der Waals surface area contributed by atoms with Gasteiger partial charge in [0.1, 0.15) is 11.4 Å². The lowest BCUT2D eigenvalue weighted by molar-refractivity contribution is 0.0292. The zero-order chi connectivity index (χ0) is 14.9. The number of phenolic OH excluding ortho intramolecular Hbond substituents is 1. The number of likely N-dealkylation sites (tertiary alicyclic amines) is 1. The predicted molar refractivity (Wildman–Crippen MR) is 78.3 cm³/mol. The molecule has 2 rings (SSSR count). The van der Waals surface area contributed by atoms with Crippen molar-refractivity contribution in [3.05, 3.63) is 28.8 Å². The normalized spacial score (nSPS) is 19.2. The highest BCUT2D eigenvalue weighted by Crippen LogP contribution is 2.32. The van der Waals surface area contributed by atoms with Gasteiger partial charge in [0, 0.05) is 19.0 Å². The number of nitrogens with zero attached hydrogens (tertiary/aromatic N) is 1. The molecular weight excluding hydrogens is 278 g/mol. The molecule has 0 bridgehead atoms. The molecule has 1 N–H and O–H groups in total. The molecule has 0 saturated carbocycles. The number of carbonyl (C=O) groups is 1. The van der Waals surface area contributed by atoms with Gasteiger partial charge in [-0.25, -0.2) is 4.79 Å². The van der Waals surface area contributed by atoms with Crippen LogP contribution in [0.25, 0.3) is 0 Å². The van der Waals surface area contributed by atoms with Crippen molar-refractivity contribution in [3.8, 4) is 5.75 Å². The maximum atomic E-state index is 12.0. The van der Waals surface area contributed by atoms with E-state index >= 15 is 0 Å². The van der Waals surface area contributed by atoms with Gasteiger partial charge in [0.15, 0.2) is 0 Å². The third-order valence-corrected chi connectivity index (χ3v) is 3.60. The van der Waals surface area contributed by atoms with Crippen LogP contribution in [0.4, 0.5) is 4.79 Å². The summed E-state index contributed by atoms with van der Waals surface area (Å²) in [6.07, 6.45) is 0.582. The Hall–Kier alpha value is -1.42. The molecule has 110 valence electrons. The van der Waals surface area contributed by atoms with Crippen LogP contribution in [-0.2, 0) is 4.74 Å². The SMILES string of the molecule is CC(C)(C)OC(=O)N1CCC(c2ccc(Cl)c(O)c2)C1. The molecule has 0 spiro atoms. The number of hydrogen-bond acceptors (Lipinski definition) is 3. The molecule has 1 atom stereocenters. The summed E-state index contributed by atoms with van der Waals surface area (Å²) in [7, 11) is 0. The Balaban J connectivity index is 2.01. The van der Waals surface area contributed by atoms with Crippen molar-refractivity contribution in [2.75, 3.05) is 13.1 Å². The topological polar surface area (TPSA) is 49.8 Å². The van der Waals surface area contributed by atoms with Gasteiger partial charge in [-0.3, -0.25) is 0 Å². The molecule has 1 aliphatic heterocycles. The Morgan fingerprint density at radius 2 is 2.15 bits per heavy atom. The van der Waals surface area contributed by atoms with Crippen LogP contribution in [0, 0.1) is 0 Å². The van der Waals surface area contributed by atoms with E-state index < -0.39 is 5.60 Å². The molecule has 5 heteroatoms. The molecule has 1 amide bonds. The number of ether oxygens (including phenoxy) is 1. The van der Waals surface area contributed by atoms with Gasteiger partial charge in [-0.15, -0.1) is 0 Å². The Morgan fingerprint density at radius 3 is 2.75 bits per heavy atom. The van der Waals surface area contributed by atoms with Crippen molar-refractivity contribution in [2.24, 2.45) is 0 Å². The molecule has 1 unspecified atom stereocenters. The molecule has 1 aromatic rings. The van der Waals surface area contributed by atoms with E-state index in [9.17, 15) is 9.90 Å². The Morgan fingerprint density at radius 1 is 1.45 bits per heavy atom. The number of hydrogen-bond donors (Lipinski definition) is 1. The van der Waals surface area contributed by atoms with Gasteiger partial charge < -0.3 is 14.7 Å². The Bertz CT molecular complexity index is 510. The molecule has 0 aromatic heterocycles. The summed E-state index contributed by atoms with van der Waals surface area (Å²) in [6.45, 7) is 6.85. The van der Waals surface area contributed by atoms with Gasteiger partial charge in [-0.05, 0) is 44.9 Å². The lowest BCUT2D eigenvalue weighted by Gasteiger charge is -2.24.